The normalized spacial score (nSPS) is 24.7. The van der Waals surface area contributed by atoms with Gasteiger partial charge in [0.15, 0.2) is 0 Å². The lowest BCUT2D eigenvalue weighted by Crippen LogP contribution is -2.26. The van der Waals surface area contributed by atoms with E-state index in [0.717, 1.165) is 12.7 Å². The van der Waals surface area contributed by atoms with Crippen molar-refractivity contribution in [1.82, 2.24) is 0 Å². The molecule has 0 saturated heterocycles. The van der Waals surface area contributed by atoms with E-state index in [9.17, 15) is 4.79 Å². The Morgan fingerprint density at radius 2 is 1.85 bits per heavy atom. The van der Waals surface area contributed by atoms with E-state index in [4.69, 9.17) is 0 Å². The Labute approximate surface area is 120 Å². The first-order chi connectivity index (χ1) is 9.62. The van der Waals surface area contributed by atoms with Gasteiger partial charge in [-0.05, 0) is 34.1 Å². The van der Waals surface area contributed by atoms with Crippen molar-refractivity contribution < 1.29 is 4.79 Å². The molecule has 0 aromatic heterocycles. The number of carbonyl (C=O) groups excluding carboxylic acids is 1. The number of hydrogen-bond donors (Lipinski definition) is 0. The molecule has 0 N–H and O–H groups in total. The number of allylic oxidation sites excluding steroid dienone is 2. The quantitative estimate of drug-likeness (QED) is 0.566. The van der Waals surface area contributed by atoms with Crippen LogP contribution in [-0.2, 0) is 4.79 Å². The first-order valence-corrected chi connectivity index (χ1v) is 7.24. The van der Waals surface area contributed by atoms with Gasteiger partial charge in [0.1, 0.15) is 6.29 Å². The summed E-state index contributed by atoms with van der Waals surface area (Å²) in [6.45, 7) is 4.52. The Kier molecular flexibility index (Phi) is 3.21. The molecule has 0 radical (unpaired) electrons. The van der Waals surface area contributed by atoms with E-state index >= 15 is 0 Å². The molecule has 2 unspecified atom stereocenters. The smallest absolute Gasteiger partial charge is 0.126 e. The zero-order chi connectivity index (χ0) is 14.2. The van der Waals surface area contributed by atoms with Gasteiger partial charge in [-0.1, -0.05) is 68.5 Å². The van der Waals surface area contributed by atoms with Crippen molar-refractivity contribution in [2.45, 2.75) is 26.2 Å². The Bertz CT molecular complexity index is 661. The van der Waals surface area contributed by atoms with Crippen LogP contribution in [0.1, 0.15) is 31.7 Å². The largest absolute Gasteiger partial charge is 0.303 e. The minimum Gasteiger partial charge on any atom is -0.303 e. The van der Waals surface area contributed by atoms with Crippen LogP contribution in [0.2, 0.25) is 0 Å². The molecule has 20 heavy (non-hydrogen) atoms. The monoisotopic (exact) mass is 264 g/mol. The van der Waals surface area contributed by atoms with Gasteiger partial charge in [-0.25, -0.2) is 0 Å². The fourth-order valence-corrected chi connectivity index (χ4v) is 3.33. The van der Waals surface area contributed by atoms with Crippen LogP contribution in [0, 0.1) is 11.3 Å². The molecule has 2 atom stereocenters. The van der Waals surface area contributed by atoms with Gasteiger partial charge in [-0.3, -0.25) is 0 Å². The molecule has 2 aromatic rings. The third kappa shape index (κ3) is 2.18. The van der Waals surface area contributed by atoms with Gasteiger partial charge in [0.2, 0.25) is 0 Å². The highest BCUT2D eigenvalue weighted by atomic mass is 16.1. The van der Waals surface area contributed by atoms with Crippen LogP contribution in [0.4, 0.5) is 0 Å². The van der Waals surface area contributed by atoms with Crippen LogP contribution in [0.15, 0.2) is 54.6 Å². The minimum absolute atomic E-state index is 0.0481. The van der Waals surface area contributed by atoms with Gasteiger partial charge in [0, 0.05) is 5.92 Å². The van der Waals surface area contributed by atoms with E-state index in [2.05, 4.69) is 68.5 Å². The van der Waals surface area contributed by atoms with Crippen LogP contribution in [-0.4, -0.2) is 6.29 Å². The fourth-order valence-electron chi connectivity index (χ4n) is 3.33. The van der Waals surface area contributed by atoms with E-state index in [0.29, 0.717) is 5.92 Å². The molecule has 0 spiro atoms. The fraction of sp³-hybridized carbons (Fsp3) is 0.316. The van der Waals surface area contributed by atoms with Crippen molar-refractivity contribution in [3.8, 4) is 0 Å². The van der Waals surface area contributed by atoms with Crippen LogP contribution in [0.25, 0.3) is 10.8 Å². The average molecular weight is 264 g/mol. The molecule has 1 nitrogen and oxygen atoms in total. The molecule has 0 fully saturated rings. The van der Waals surface area contributed by atoms with E-state index in [-0.39, 0.29) is 11.3 Å². The summed E-state index contributed by atoms with van der Waals surface area (Å²) in [6, 6.07) is 15.0. The van der Waals surface area contributed by atoms with Crippen molar-refractivity contribution in [1.29, 1.82) is 0 Å². The average Bonchev–Trinajstić information content (AvgIpc) is 2.47. The number of rotatable bonds is 2. The summed E-state index contributed by atoms with van der Waals surface area (Å²) in [5.41, 5.74) is 1.45. The summed E-state index contributed by atoms with van der Waals surface area (Å²) in [5.74, 6) is 0.431. The number of aldehydes is 1. The second-order valence-corrected chi connectivity index (χ2v) is 6.34. The summed E-state index contributed by atoms with van der Waals surface area (Å²) in [7, 11) is 0. The molecule has 2 aromatic carbocycles. The highest BCUT2D eigenvalue weighted by Gasteiger charge is 2.34. The summed E-state index contributed by atoms with van der Waals surface area (Å²) >= 11 is 0. The summed E-state index contributed by atoms with van der Waals surface area (Å²) in [6.07, 6.45) is 6.25. The lowest BCUT2D eigenvalue weighted by molar-refractivity contribution is -0.110. The molecule has 0 heterocycles. The van der Waals surface area contributed by atoms with E-state index in [1.807, 2.05) is 0 Å². The second-order valence-electron chi connectivity index (χ2n) is 6.34. The lowest BCUT2D eigenvalue weighted by atomic mass is 9.66. The van der Waals surface area contributed by atoms with Crippen molar-refractivity contribution in [3.63, 3.8) is 0 Å². The van der Waals surface area contributed by atoms with E-state index in [1.165, 1.54) is 16.3 Å². The SMILES string of the molecule is CC1(C)C=CC(C=O)CC1c1cccc2ccccc12. The number of carbonyl (C=O) groups is 1. The Hall–Kier alpha value is -1.89. The standard InChI is InChI=1S/C19H20O/c1-19(2)11-10-14(13-20)12-18(19)17-9-5-7-15-6-3-4-8-16(15)17/h3-11,13-14,18H,12H2,1-2H3. The maximum absolute atomic E-state index is 11.2. The predicted molar refractivity (Wildman–Crippen MR) is 83.8 cm³/mol. The Morgan fingerprint density at radius 1 is 1.10 bits per heavy atom. The topological polar surface area (TPSA) is 17.1 Å². The van der Waals surface area contributed by atoms with Crippen LogP contribution in [0.5, 0.6) is 0 Å². The Morgan fingerprint density at radius 3 is 2.65 bits per heavy atom. The summed E-state index contributed by atoms with van der Waals surface area (Å²) < 4.78 is 0. The van der Waals surface area contributed by atoms with Gasteiger partial charge < -0.3 is 4.79 Å². The molecule has 0 amide bonds. The van der Waals surface area contributed by atoms with Gasteiger partial charge >= 0.3 is 0 Å². The maximum atomic E-state index is 11.2. The second kappa shape index (κ2) is 4.90. The van der Waals surface area contributed by atoms with Crippen molar-refractivity contribution in [2.75, 3.05) is 0 Å². The van der Waals surface area contributed by atoms with Gasteiger partial charge in [-0.2, -0.15) is 0 Å². The highest BCUT2D eigenvalue weighted by molar-refractivity contribution is 5.86. The van der Waals surface area contributed by atoms with Crippen LogP contribution < -0.4 is 0 Å². The van der Waals surface area contributed by atoms with Gasteiger partial charge in [0.25, 0.3) is 0 Å². The molecule has 102 valence electrons. The van der Waals surface area contributed by atoms with Crippen LogP contribution in [0.3, 0.4) is 0 Å². The van der Waals surface area contributed by atoms with Crippen molar-refractivity contribution in [3.05, 3.63) is 60.2 Å². The third-order valence-corrected chi connectivity index (χ3v) is 4.55. The molecule has 0 bridgehead atoms. The third-order valence-electron chi connectivity index (χ3n) is 4.55. The lowest BCUT2D eigenvalue weighted by Gasteiger charge is -2.37. The predicted octanol–water partition coefficient (Wildman–Crippen LogP) is 4.72. The van der Waals surface area contributed by atoms with Gasteiger partial charge in [-0.15, -0.1) is 0 Å². The van der Waals surface area contributed by atoms with Crippen molar-refractivity contribution >= 4 is 17.1 Å². The molecule has 3 rings (SSSR count). The maximum Gasteiger partial charge on any atom is 0.126 e. The number of fused-ring (bicyclic) bond motifs is 1. The summed E-state index contributed by atoms with van der Waals surface area (Å²) in [4.78, 5) is 11.2. The number of benzene rings is 2. The zero-order valence-corrected chi connectivity index (χ0v) is 12.0. The molecule has 0 aliphatic heterocycles. The zero-order valence-electron chi connectivity index (χ0n) is 12.0. The first-order valence-electron chi connectivity index (χ1n) is 7.24. The van der Waals surface area contributed by atoms with Crippen LogP contribution >= 0.6 is 0 Å². The summed E-state index contributed by atoms with van der Waals surface area (Å²) in [5, 5.41) is 2.59. The first kappa shape index (κ1) is 13.1. The van der Waals surface area contributed by atoms with Gasteiger partial charge in [0.05, 0.1) is 0 Å². The Balaban J connectivity index is 2.14. The van der Waals surface area contributed by atoms with E-state index < -0.39 is 0 Å². The minimum atomic E-state index is 0.0481. The highest BCUT2D eigenvalue weighted by Crippen LogP contribution is 2.46. The molecule has 0 saturated carbocycles. The molecule has 1 aliphatic carbocycles. The molecule has 1 heteroatoms. The molecular weight excluding hydrogens is 244 g/mol. The molecular formula is C19H20O. The molecule has 1 aliphatic rings. The number of hydrogen-bond acceptors (Lipinski definition) is 1. The van der Waals surface area contributed by atoms with E-state index in [1.54, 1.807) is 0 Å². The van der Waals surface area contributed by atoms with Crippen molar-refractivity contribution in [2.24, 2.45) is 11.3 Å².